The third-order valence-corrected chi connectivity index (χ3v) is 3.92. The first-order valence-electron chi connectivity index (χ1n) is 6.24. The van der Waals surface area contributed by atoms with Gasteiger partial charge in [-0.05, 0) is 12.1 Å². The number of hydrogen-bond acceptors (Lipinski definition) is 7. The first-order valence-corrected chi connectivity index (χ1v) is 7.23. The molecule has 3 heterocycles. The fraction of sp³-hybridized carbons (Fsp3) is 0.167. The van der Waals surface area contributed by atoms with Gasteiger partial charge in [-0.15, -0.1) is 10.2 Å². The summed E-state index contributed by atoms with van der Waals surface area (Å²) in [6.07, 6.45) is 6.01. The van der Waals surface area contributed by atoms with Gasteiger partial charge in [0.05, 0.1) is 10.8 Å². The second-order valence-corrected chi connectivity index (χ2v) is 5.29. The minimum absolute atomic E-state index is 0.0328. The van der Waals surface area contributed by atoms with Crippen molar-refractivity contribution in [2.75, 3.05) is 0 Å². The molecule has 9 nitrogen and oxygen atoms in total. The molecule has 0 aliphatic heterocycles. The van der Waals surface area contributed by atoms with E-state index in [1.54, 1.807) is 12.4 Å². The summed E-state index contributed by atoms with van der Waals surface area (Å²) in [4.78, 5) is 14.2. The minimum Gasteiger partial charge on any atom is -0.305 e. The Kier molecular flexibility index (Phi) is 3.83. The maximum atomic E-state index is 10.6. The summed E-state index contributed by atoms with van der Waals surface area (Å²) in [6, 6.07) is 3.74. The average molecular weight is 317 g/mol. The van der Waals surface area contributed by atoms with E-state index in [2.05, 4.69) is 20.3 Å². The predicted molar refractivity (Wildman–Crippen MR) is 79.0 cm³/mol. The molecule has 0 unspecified atom stereocenters. The highest BCUT2D eigenvalue weighted by molar-refractivity contribution is 7.98. The number of nitrogens with zero attached hydrogens (tertiary/aromatic N) is 7. The molecule has 0 fully saturated rings. The van der Waals surface area contributed by atoms with Crippen LogP contribution in [0, 0.1) is 10.1 Å². The number of thioether (sulfide) groups is 1. The van der Waals surface area contributed by atoms with Gasteiger partial charge in [0.2, 0.25) is 0 Å². The van der Waals surface area contributed by atoms with E-state index >= 15 is 0 Å². The molecule has 22 heavy (non-hydrogen) atoms. The SMILES string of the molecule is Cn1c(SCn2cc([N+](=O)[O-])cn2)nnc1-c1cccnc1. The molecule has 10 heteroatoms. The Hall–Kier alpha value is -2.75. The fourth-order valence-corrected chi connectivity index (χ4v) is 2.60. The number of aromatic nitrogens is 6. The van der Waals surface area contributed by atoms with E-state index < -0.39 is 4.92 Å². The van der Waals surface area contributed by atoms with Crippen molar-refractivity contribution < 1.29 is 4.92 Å². The third-order valence-electron chi connectivity index (χ3n) is 2.91. The molecule has 0 atom stereocenters. The number of hydrogen-bond donors (Lipinski definition) is 0. The first-order chi connectivity index (χ1) is 10.6. The zero-order valence-corrected chi connectivity index (χ0v) is 12.3. The Morgan fingerprint density at radius 3 is 2.91 bits per heavy atom. The number of pyridine rings is 1. The van der Waals surface area contributed by atoms with E-state index in [0.29, 0.717) is 16.9 Å². The summed E-state index contributed by atoms with van der Waals surface area (Å²) in [5.74, 6) is 1.12. The van der Waals surface area contributed by atoms with Crippen LogP contribution >= 0.6 is 11.8 Å². The summed E-state index contributed by atoms with van der Waals surface area (Å²) in [6.45, 7) is 0. The Morgan fingerprint density at radius 2 is 2.23 bits per heavy atom. The number of nitro groups is 1. The molecular formula is C12H11N7O2S. The lowest BCUT2D eigenvalue weighted by atomic mass is 10.3. The fourth-order valence-electron chi connectivity index (χ4n) is 1.83. The summed E-state index contributed by atoms with van der Waals surface area (Å²) in [7, 11) is 1.86. The van der Waals surface area contributed by atoms with Crippen LogP contribution < -0.4 is 0 Å². The molecule has 0 aliphatic carbocycles. The predicted octanol–water partition coefficient (Wildman–Crippen LogP) is 1.73. The molecule has 3 aromatic heterocycles. The highest BCUT2D eigenvalue weighted by Crippen LogP contribution is 2.23. The zero-order chi connectivity index (χ0) is 15.5. The summed E-state index contributed by atoms with van der Waals surface area (Å²) in [5, 5.41) is 23.5. The van der Waals surface area contributed by atoms with Crippen LogP contribution in [0.5, 0.6) is 0 Å². The molecule has 0 amide bonds. The van der Waals surface area contributed by atoms with Gasteiger partial charge in [0, 0.05) is 25.0 Å². The normalized spacial score (nSPS) is 10.8. The molecule has 0 N–H and O–H groups in total. The Bertz CT molecular complexity index is 799. The molecule has 0 radical (unpaired) electrons. The quantitative estimate of drug-likeness (QED) is 0.401. The van der Waals surface area contributed by atoms with Crippen molar-refractivity contribution in [2.45, 2.75) is 11.0 Å². The first kappa shape index (κ1) is 14.2. The Balaban J connectivity index is 1.73. The molecule has 0 spiro atoms. The van der Waals surface area contributed by atoms with Crippen LogP contribution in [0.2, 0.25) is 0 Å². The van der Waals surface area contributed by atoms with Crippen molar-refractivity contribution in [2.24, 2.45) is 7.05 Å². The standard InChI is InChI=1S/C12H11N7O2S/c1-17-11(9-3-2-4-13-5-9)15-16-12(17)22-8-18-7-10(6-14-18)19(20)21/h2-7H,8H2,1H3. The summed E-state index contributed by atoms with van der Waals surface area (Å²) >= 11 is 1.39. The van der Waals surface area contributed by atoms with Crippen LogP contribution in [0.25, 0.3) is 11.4 Å². The summed E-state index contributed by atoms with van der Waals surface area (Å²) < 4.78 is 3.33. The Morgan fingerprint density at radius 1 is 1.36 bits per heavy atom. The lowest BCUT2D eigenvalue weighted by Gasteiger charge is -2.03. The van der Waals surface area contributed by atoms with Gasteiger partial charge in [-0.1, -0.05) is 11.8 Å². The van der Waals surface area contributed by atoms with Gasteiger partial charge in [-0.3, -0.25) is 19.8 Å². The molecule has 0 aliphatic rings. The van der Waals surface area contributed by atoms with Gasteiger partial charge < -0.3 is 4.57 Å². The lowest BCUT2D eigenvalue weighted by Crippen LogP contribution is -1.98. The van der Waals surface area contributed by atoms with Crippen LogP contribution in [-0.2, 0) is 12.9 Å². The minimum atomic E-state index is -0.475. The van der Waals surface area contributed by atoms with Crippen LogP contribution in [0.3, 0.4) is 0 Å². The zero-order valence-electron chi connectivity index (χ0n) is 11.5. The van der Waals surface area contributed by atoms with Crippen molar-refractivity contribution in [1.82, 2.24) is 29.5 Å². The molecule has 3 rings (SSSR count). The van der Waals surface area contributed by atoms with E-state index in [9.17, 15) is 10.1 Å². The smallest absolute Gasteiger partial charge is 0.305 e. The summed E-state index contributed by atoms with van der Waals surface area (Å²) in [5.41, 5.74) is 0.841. The van der Waals surface area contributed by atoms with E-state index in [4.69, 9.17) is 0 Å². The van der Waals surface area contributed by atoms with Gasteiger partial charge in [0.1, 0.15) is 12.4 Å². The molecule has 112 valence electrons. The van der Waals surface area contributed by atoms with E-state index in [1.165, 1.54) is 28.8 Å². The van der Waals surface area contributed by atoms with Crippen LogP contribution in [0.15, 0.2) is 42.1 Å². The van der Waals surface area contributed by atoms with Crippen molar-refractivity contribution in [3.05, 3.63) is 47.0 Å². The van der Waals surface area contributed by atoms with Gasteiger partial charge >= 0.3 is 5.69 Å². The molecule has 0 bridgehead atoms. The highest BCUT2D eigenvalue weighted by atomic mass is 32.2. The average Bonchev–Trinajstić information content (AvgIpc) is 3.13. The van der Waals surface area contributed by atoms with Crippen molar-refractivity contribution >= 4 is 17.4 Å². The van der Waals surface area contributed by atoms with E-state index in [1.807, 2.05) is 23.7 Å². The maximum Gasteiger partial charge on any atom is 0.307 e. The highest BCUT2D eigenvalue weighted by Gasteiger charge is 2.13. The monoisotopic (exact) mass is 317 g/mol. The molecule has 0 saturated carbocycles. The molecule has 0 saturated heterocycles. The van der Waals surface area contributed by atoms with Crippen molar-refractivity contribution in [3.63, 3.8) is 0 Å². The van der Waals surface area contributed by atoms with Crippen molar-refractivity contribution in [1.29, 1.82) is 0 Å². The van der Waals surface area contributed by atoms with Crippen LogP contribution in [0.4, 0.5) is 5.69 Å². The molecular weight excluding hydrogens is 306 g/mol. The topological polar surface area (TPSA) is 105 Å². The van der Waals surface area contributed by atoms with Gasteiger partial charge in [0.15, 0.2) is 11.0 Å². The second kappa shape index (κ2) is 5.93. The second-order valence-electron chi connectivity index (χ2n) is 4.38. The largest absolute Gasteiger partial charge is 0.307 e. The Labute approximate surface area is 129 Å². The van der Waals surface area contributed by atoms with E-state index in [-0.39, 0.29) is 5.69 Å². The third kappa shape index (κ3) is 2.81. The van der Waals surface area contributed by atoms with Gasteiger partial charge in [-0.25, -0.2) is 0 Å². The van der Waals surface area contributed by atoms with Crippen LogP contribution in [0.1, 0.15) is 0 Å². The molecule has 3 aromatic rings. The number of rotatable bonds is 5. The van der Waals surface area contributed by atoms with Gasteiger partial charge in [0.25, 0.3) is 0 Å². The molecule has 0 aromatic carbocycles. The van der Waals surface area contributed by atoms with E-state index in [0.717, 1.165) is 5.56 Å². The maximum absolute atomic E-state index is 10.6. The van der Waals surface area contributed by atoms with Gasteiger partial charge in [-0.2, -0.15) is 5.10 Å². The van der Waals surface area contributed by atoms with Crippen molar-refractivity contribution in [3.8, 4) is 11.4 Å². The lowest BCUT2D eigenvalue weighted by molar-refractivity contribution is -0.385. The van der Waals surface area contributed by atoms with Crippen LogP contribution in [-0.4, -0.2) is 34.5 Å².